The summed E-state index contributed by atoms with van der Waals surface area (Å²) in [4.78, 5) is 8.40. The Balaban J connectivity index is 0.00000208. The third-order valence-electron chi connectivity index (χ3n) is 3.49. The number of hydrogen-bond donors (Lipinski definition) is 3. The summed E-state index contributed by atoms with van der Waals surface area (Å²) in [6.45, 7) is 0.382. The monoisotopic (exact) mass is 466 g/mol. The number of nitrogens with zero attached hydrogens (tertiary/aromatic N) is 3. The van der Waals surface area contributed by atoms with Crippen molar-refractivity contribution in [1.29, 1.82) is 0 Å². The van der Waals surface area contributed by atoms with Gasteiger partial charge in [0.2, 0.25) is 5.82 Å². The van der Waals surface area contributed by atoms with Crippen molar-refractivity contribution in [2.75, 3.05) is 18.6 Å². The number of furan rings is 1. The number of nitrogens with one attached hydrogen (secondary N) is 3. The van der Waals surface area contributed by atoms with Gasteiger partial charge < -0.3 is 15.1 Å². The number of aliphatic imine (C=N–C) groups is 1. The highest BCUT2D eigenvalue weighted by Gasteiger charge is 2.28. The Bertz CT molecular complexity index is 786. The molecule has 1 saturated heterocycles. The van der Waals surface area contributed by atoms with E-state index in [-0.39, 0.29) is 41.5 Å². The lowest BCUT2D eigenvalue weighted by atomic mass is 10.3. The van der Waals surface area contributed by atoms with Crippen LogP contribution >= 0.6 is 24.0 Å². The first-order valence-corrected chi connectivity index (χ1v) is 9.00. The molecular weight excluding hydrogens is 447 g/mol. The largest absolute Gasteiger partial charge is 0.461 e. The van der Waals surface area contributed by atoms with Crippen LogP contribution in [-0.4, -0.2) is 54.2 Å². The summed E-state index contributed by atoms with van der Waals surface area (Å²) in [7, 11) is -1.29. The van der Waals surface area contributed by atoms with Crippen molar-refractivity contribution in [3.8, 4) is 11.6 Å². The van der Waals surface area contributed by atoms with Crippen LogP contribution in [-0.2, 0) is 16.4 Å². The number of aromatic nitrogens is 3. The number of hydrogen-bond acceptors (Lipinski definition) is 6. The van der Waals surface area contributed by atoms with Crippen LogP contribution in [0.2, 0.25) is 0 Å². The van der Waals surface area contributed by atoms with Gasteiger partial charge in [-0.15, -0.1) is 29.1 Å². The highest BCUT2D eigenvalue weighted by atomic mass is 127. The molecule has 2 aromatic heterocycles. The predicted octanol–water partition coefficient (Wildman–Crippen LogP) is 0.535. The van der Waals surface area contributed by atoms with Crippen LogP contribution in [0.15, 0.2) is 27.8 Å². The van der Waals surface area contributed by atoms with Crippen LogP contribution in [0, 0.1) is 0 Å². The summed E-state index contributed by atoms with van der Waals surface area (Å²) in [6, 6.07) is 3.44. The van der Waals surface area contributed by atoms with Gasteiger partial charge in [0.25, 0.3) is 0 Å². The average Bonchev–Trinajstić information content (AvgIpc) is 3.23. The van der Waals surface area contributed by atoms with E-state index in [1.54, 1.807) is 25.4 Å². The first kappa shape index (κ1) is 18.7. The summed E-state index contributed by atoms with van der Waals surface area (Å²) in [6.07, 6.45) is 2.15. The Morgan fingerprint density at radius 2 is 2.38 bits per heavy atom. The summed E-state index contributed by atoms with van der Waals surface area (Å²) in [5.41, 5.74) is 0. The van der Waals surface area contributed by atoms with Gasteiger partial charge in [-0.3, -0.25) is 10.1 Å². The zero-order valence-electron chi connectivity index (χ0n) is 13.0. The minimum absolute atomic E-state index is 0. The molecule has 1 unspecified atom stereocenters. The van der Waals surface area contributed by atoms with Crippen molar-refractivity contribution in [2.24, 2.45) is 4.99 Å². The van der Waals surface area contributed by atoms with Crippen molar-refractivity contribution < 1.29 is 12.8 Å². The molecule has 132 valence electrons. The van der Waals surface area contributed by atoms with Crippen molar-refractivity contribution in [1.82, 2.24) is 25.8 Å². The molecule has 1 atom stereocenters. The Hall–Kier alpha value is -1.63. The molecule has 0 bridgehead atoms. The van der Waals surface area contributed by atoms with Crippen LogP contribution in [0.3, 0.4) is 0 Å². The van der Waals surface area contributed by atoms with E-state index in [9.17, 15) is 8.42 Å². The van der Waals surface area contributed by atoms with E-state index < -0.39 is 9.84 Å². The van der Waals surface area contributed by atoms with E-state index in [0.29, 0.717) is 36.3 Å². The Kier molecular flexibility index (Phi) is 6.21. The maximum Gasteiger partial charge on any atom is 0.216 e. The Morgan fingerprint density at radius 1 is 1.54 bits per heavy atom. The standard InChI is InChI=1S/C13H18N6O3S.HI/c1-14-13(16-9-4-6-23(20,21)8-9)15-7-11-17-12(19-18-11)10-3-2-5-22-10;/h2-3,5,9H,4,6-8H2,1H3,(H2,14,15,16)(H,17,18,19);1H. The number of H-pyrrole nitrogens is 1. The molecule has 3 rings (SSSR count). The van der Waals surface area contributed by atoms with Gasteiger partial charge in [0.15, 0.2) is 21.6 Å². The van der Waals surface area contributed by atoms with Crippen molar-refractivity contribution in [2.45, 2.75) is 19.0 Å². The highest BCUT2D eigenvalue weighted by molar-refractivity contribution is 14.0. The lowest BCUT2D eigenvalue weighted by Gasteiger charge is -2.15. The molecule has 1 aliphatic rings. The van der Waals surface area contributed by atoms with E-state index >= 15 is 0 Å². The smallest absolute Gasteiger partial charge is 0.216 e. The van der Waals surface area contributed by atoms with Crippen LogP contribution < -0.4 is 10.6 Å². The molecule has 2 aromatic rings. The van der Waals surface area contributed by atoms with Crippen molar-refractivity contribution in [3.63, 3.8) is 0 Å². The Morgan fingerprint density at radius 3 is 3.00 bits per heavy atom. The number of guanidine groups is 1. The number of halogens is 1. The maximum absolute atomic E-state index is 11.5. The number of sulfone groups is 1. The molecule has 0 saturated carbocycles. The van der Waals surface area contributed by atoms with Gasteiger partial charge in [0.1, 0.15) is 5.82 Å². The Labute approximate surface area is 156 Å². The van der Waals surface area contributed by atoms with Crippen molar-refractivity contribution in [3.05, 3.63) is 24.2 Å². The summed E-state index contributed by atoms with van der Waals surface area (Å²) in [5, 5.41) is 13.1. The molecule has 9 nitrogen and oxygen atoms in total. The molecule has 0 radical (unpaired) electrons. The predicted molar refractivity (Wildman–Crippen MR) is 99.9 cm³/mol. The summed E-state index contributed by atoms with van der Waals surface area (Å²) in [5.74, 6) is 2.58. The van der Waals surface area contributed by atoms with Gasteiger partial charge in [0.05, 0.1) is 24.3 Å². The molecule has 0 spiro atoms. The molecule has 11 heteroatoms. The first-order valence-electron chi connectivity index (χ1n) is 7.18. The maximum atomic E-state index is 11.5. The molecule has 1 aliphatic heterocycles. The van der Waals surface area contributed by atoms with E-state index in [4.69, 9.17) is 4.42 Å². The average molecular weight is 466 g/mol. The number of aromatic amines is 1. The van der Waals surface area contributed by atoms with Gasteiger partial charge in [-0.2, -0.15) is 0 Å². The molecule has 24 heavy (non-hydrogen) atoms. The normalized spacial score (nSPS) is 19.7. The van der Waals surface area contributed by atoms with E-state index in [1.165, 1.54) is 0 Å². The first-order chi connectivity index (χ1) is 11.1. The third-order valence-corrected chi connectivity index (χ3v) is 5.26. The molecule has 1 fully saturated rings. The molecule has 0 amide bonds. The van der Waals surface area contributed by atoms with Crippen LogP contribution in [0.5, 0.6) is 0 Å². The molecule has 0 aliphatic carbocycles. The topological polar surface area (TPSA) is 125 Å². The van der Waals surface area contributed by atoms with E-state index in [2.05, 4.69) is 30.8 Å². The lowest BCUT2D eigenvalue weighted by Crippen LogP contribution is -2.43. The second-order valence-corrected chi connectivity index (χ2v) is 7.48. The fourth-order valence-electron chi connectivity index (χ4n) is 2.35. The summed E-state index contributed by atoms with van der Waals surface area (Å²) >= 11 is 0. The van der Waals surface area contributed by atoms with Gasteiger partial charge in [-0.05, 0) is 18.6 Å². The highest BCUT2D eigenvalue weighted by Crippen LogP contribution is 2.14. The zero-order valence-corrected chi connectivity index (χ0v) is 16.2. The lowest BCUT2D eigenvalue weighted by molar-refractivity contribution is 0.577. The fraction of sp³-hybridized carbons (Fsp3) is 0.462. The quantitative estimate of drug-likeness (QED) is 0.341. The second-order valence-electron chi connectivity index (χ2n) is 5.25. The molecule has 3 heterocycles. The van der Waals surface area contributed by atoms with Crippen LogP contribution in [0.1, 0.15) is 12.2 Å². The minimum Gasteiger partial charge on any atom is -0.461 e. The van der Waals surface area contributed by atoms with Gasteiger partial charge in [-0.25, -0.2) is 13.4 Å². The summed E-state index contributed by atoms with van der Waals surface area (Å²) < 4.78 is 28.2. The van der Waals surface area contributed by atoms with E-state index in [0.717, 1.165) is 0 Å². The van der Waals surface area contributed by atoms with E-state index in [1.807, 2.05) is 0 Å². The van der Waals surface area contributed by atoms with Gasteiger partial charge in [0, 0.05) is 13.1 Å². The fourth-order valence-corrected chi connectivity index (χ4v) is 4.03. The third kappa shape index (κ3) is 4.69. The van der Waals surface area contributed by atoms with Gasteiger partial charge >= 0.3 is 0 Å². The van der Waals surface area contributed by atoms with Crippen molar-refractivity contribution >= 4 is 39.8 Å². The SMILES string of the molecule is CN=C(NCc1nc(-c2ccco2)n[nH]1)NC1CCS(=O)(=O)C1.I. The molecule has 3 N–H and O–H groups in total. The zero-order chi connectivity index (χ0) is 16.3. The van der Waals surface area contributed by atoms with Crippen LogP contribution in [0.4, 0.5) is 0 Å². The molecular formula is C13H19IN6O3S. The second kappa shape index (κ2) is 7.96. The number of rotatable bonds is 4. The minimum atomic E-state index is -2.92. The van der Waals surface area contributed by atoms with Gasteiger partial charge in [-0.1, -0.05) is 0 Å². The molecule has 0 aromatic carbocycles. The van der Waals surface area contributed by atoms with Crippen LogP contribution in [0.25, 0.3) is 11.6 Å².